The molecule has 0 saturated carbocycles. The number of rotatable bonds is 8. The lowest BCUT2D eigenvalue weighted by molar-refractivity contribution is -1.03. The Bertz CT molecular complexity index is 1530. The molecular formula is C30H30Cl3N4O5+. The predicted molar refractivity (Wildman–Crippen MR) is 160 cm³/mol. The van der Waals surface area contributed by atoms with E-state index in [1.165, 1.54) is 6.07 Å². The van der Waals surface area contributed by atoms with Crippen molar-refractivity contribution in [3.05, 3.63) is 86.4 Å². The SMILES string of the molecule is CN(C(=O)CC1C(=O)NOc2cc(Cl)c(Cl)cc21)[N+]1(CCc2ccc(-c3ccc(C(N)=O)c(Cl)c3)cc2)CCOCC1. The van der Waals surface area contributed by atoms with Crippen molar-refractivity contribution in [3.8, 4) is 16.9 Å². The number of nitrogens with one attached hydrogen (secondary N) is 1. The summed E-state index contributed by atoms with van der Waals surface area (Å²) in [5, 5.41) is 2.63. The maximum Gasteiger partial charge on any atom is 0.268 e. The van der Waals surface area contributed by atoms with Crippen molar-refractivity contribution in [2.75, 3.05) is 39.9 Å². The number of benzene rings is 3. The van der Waals surface area contributed by atoms with Crippen LogP contribution in [-0.2, 0) is 20.7 Å². The highest BCUT2D eigenvalue weighted by molar-refractivity contribution is 6.42. The number of quaternary nitrogens is 1. The van der Waals surface area contributed by atoms with Crippen LogP contribution in [0.2, 0.25) is 15.1 Å². The highest BCUT2D eigenvalue weighted by atomic mass is 35.5. The number of amides is 3. The quantitative estimate of drug-likeness (QED) is 0.348. The molecule has 9 nitrogen and oxygen atoms in total. The molecule has 42 heavy (non-hydrogen) atoms. The number of hydrogen-bond acceptors (Lipinski definition) is 5. The number of halogens is 3. The molecule has 12 heteroatoms. The zero-order valence-corrected chi connectivity index (χ0v) is 25.1. The van der Waals surface area contributed by atoms with Crippen LogP contribution in [-0.4, -0.2) is 67.2 Å². The van der Waals surface area contributed by atoms with Crippen LogP contribution in [0.4, 0.5) is 0 Å². The third kappa shape index (κ3) is 6.21. The minimum atomic E-state index is -0.766. The minimum Gasteiger partial charge on any atom is -0.379 e. The van der Waals surface area contributed by atoms with Gasteiger partial charge in [0.15, 0.2) is 5.75 Å². The van der Waals surface area contributed by atoms with Gasteiger partial charge in [0.1, 0.15) is 19.6 Å². The van der Waals surface area contributed by atoms with Crippen LogP contribution in [0.25, 0.3) is 11.1 Å². The summed E-state index contributed by atoms with van der Waals surface area (Å²) in [5.41, 5.74) is 11.5. The molecule has 0 bridgehead atoms. The van der Waals surface area contributed by atoms with Gasteiger partial charge in [-0.05, 0) is 34.9 Å². The van der Waals surface area contributed by atoms with Gasteiger partial charge >= 0.3 is 0 Å². The summed E-state index contributed by atoms with van der Waals surface area (Å²) < 4.78 is 6.05. The van der Waals surface area contributed by atoms with Gasteiger partial charge in [-0.1, -0.05) is 65.1 Å². The first-order chi connectivity index (χ1) is 20.1. The van der Waals surface area contributed by atoms with Crippen molar-refractivity contribution in [2.24, 2.45) is 5.73 Å². The van der Waals surface area contributed by atoms with Crippen LogP contribution in [0.1, 0.15) is 33.8 Å². The van der Waals surface area contributed by atoms with Crippen LogP contribution in [0.15, 0.2) is 54.6 Å². The number of nitrogens with zero attached hydrogens (tertiary/aromatic N) is 2. The molecule has 2 aliphatic heterocycles. The molecule has 1 atom stereocenters. The van der Waals surface area contributed by atoms with E-state index in [9.17, 15) is 14.4 Å². The van der Waals surface area contributed by atoms with Crippen molar-refractivity contribution < 1.29 is 28.6 Å². The second-order valence-electron chi connectivity index (χ2n) is 10.4. The van der Waals surface area contributed by atoms with E-state index in [1.54, 1.807) is 30.3 Å². The lowest BCUT2D eigenvalue weighted by Gasteiger charge is -2.46. The molecule has 1 fully saturated rings. The Hall–Kier alpha value is -3.34. The number of carbonyl (C=O) groups is 3. The second kappa shape index (κ2) is 12.5. The molecule has 2 heterocycles. The van der Waals surface area contributed by atoms with Crippen LogP contribution >= 0.6 is 34.8 Å². The van der Waals surface area contributed by atoms with E-state index in [4.69, 9.17) is 50.1 Å². The van der Waals surface area contributed by atoms with Crippen molar-refractivity contribution in [2.45, 2.75) is 18.8 Å². The fourth-order valence-corrected chi connectivity index (χ4v) is 6.02. The van der Waals surface area contributed by atoms with Gasteiger partial charge < -0.3 is 15.3 Å². The third-order valence-corrected chi connectivity index (χ3v) is 9.06. The first-order valence-corrected chi connectivity index (χ1v) is 14.6. The largest absolute Gasteiger partial charge is 0.379 e. The summed E-state index contributed by atoms with van der Waals surface area (Å²) in [5.74, 6) is -1.56. The van der Waals surface area contributed by atoms with Crippen molar-refractivity contribution in [1.29, 1.82) is 0 Å². The number of hydrogen-bond donors (Lipinski definition) is 2. The van der Waals surface area contributed by atoms with Crippen molar-refractivity contribution in [1.82, 2.24) is 10.5 Å². The third-order valence-electron chi connectivity index (χ3n) is 8.02. The minimum absolute atomic E-state index is 0.0523. The molecule has 3 aromatic carbocycles. The summed E-state index contributed by atoms with van der Waals surface area (Å²) >= 11 is 18.6. The molecule has 0 aromatic heterocycles. The molecule has 3 aromatic rings. The Morgan fingerprint density at radius 2 is 1.64 bits per heavy atom. The van der Waals surface area contributed by atoms with Gasteiger partial charge in [0, 0.05) is 24.5 Å². The highest BCUT2D eigenvalue weighted by Gasteiger charge is 2.41. The van der Waals surface area contributed by atoms with Gasteiger partial charge in [-0.2, -0.15) is 10.5 Å². The lowest BCUT2D eigenvalue weighted by Crippen LogP contribution is -2.66. The topological polar surface area (TPSA) is 111 Å². The average molecular weight is 633 g/mol. The zero-order valence-electron chi connectivity index (χ0n) is 22.9. The number of morpholine rings is 1. The number of fused-ring (bicyclic) bond motifs is 1. The number of primary amides is 1. The average Bonchev–Trinajstić information content (AvgIpc) is 2.98. The maximum absolute atomic E-state index is 13.7. The number of carbonyl (C=O) groups excluding carboxylic acids is 3. The van der Waals surface area contributed by atoms with Crippen LogP contribution in [0.5, 0.6) is 5.75 Å². The van der Waals surface area contributed by atoms with Gasteiger partial charge in [-0.25, -0.2) is 4.59 Å². The van der Waals surface area contributed by atoms with Crippen molar-refractivity contribution in [3.63, 3.8) is 0 Å². The summed E-state index contributed by atoms with van der Waals surface area (Å²) in [6.45, 7) is 2.97. The molecule has 220 valence electrons. The van der Waals surface area contributed by atoms with Gasteiger partial charge in [0.25, 0.3) is 11.8 Å². The van der Waals surface area contributed by atoms with E-state index < -0.39 is 17.7 Å². The predicted octanol–water partition coefficient (Wildman–Crippen LogP) is 4.77. The lowest BCUT2D eigenvalue weighted by atomic mass is 9.92. The standard InChI is InChI=1S/C30H29Cl3N4O5/c1-36(28(38)16-23-22-15-25(32)26(33)17-27(22)42-35-30(23)40)37(10-12-41-13-11-37)9-8-18-2-4-19(5-3-18)20-6-7-21(29(34)39)24(31)14-20/h2-7,14-15,17,23H,8-13,16H2,1H3,(H2-,34,35,39,40)/p+1. The zero-order chi connectivity index (χ0) is 30.0. The van der Waals surface area contributed by atoms with Crippen LogP contribution < -0.4 is 16.1 Å². The molecular weight excluding hydrogens is 603 g/mol. The summed E-state index contributed by atoms with van der Waals surface area (Å²) in [6, 6.07) is 16.4. The van der Waals surface area contributed by atoms with Gasteiger partial charge in [-0.3, -0.25) is 14.4 Å². The fourth-order valence-electron chi connectivity index (χ4n) is 5.42. The highest BCUT2D eigenvalue weighted by Crippen LogP contribution is 2.38. The summed E-state index contributed by atoms with van der Waals surface area (Å²) in [4.78, 5) is 43.2. The van der Waals surface area contributed by atoms with E-state index in [0.717, 1.165) is 16.7 Å². The molecule has 0 spiro atoms. The first kappa shape index (κ1) is 30.1. The van der Waals surface area contributed by atoms with Gasteiger partial charge in [-0.15, -0.1) is 0 Å². The Labute approximate surface area is 258 Å². The molecule has 1 saturated heterocycles. The van der Waals surface area contributed by atoms with E-state index in [1.807, 2.05) is 30.3 Å². The molecule has 0 aliphatic carbocycles. The Balaban J connectivity index is 1.30. The summed E-state index contributed by atoms with van der Waals surface area (Å²) in [6.07, 6.45) is 0.664. The number of nitrogens with two attached hydrogens (primary N) is 1. The Kier molecular flexibility index (Phi) is 8.96. The van der Waals surface area contributed by atoms with Gasteiger partial charge in [0.2, 0.25) is 5.91 Å². The molecule has 3 amide bonds. The fraction of sp³-hybridized carbons (Fsp3) is 0.300. The van der Waals surface area contributed by atoms with Gasteiger partial charge in [0.05, 0.1) is 46.8 Å². The summed E-state index contributed by atoms with van der Waals surface area (Å²) in [7, 11) is 1.78. The van der Waals surface area contributed by atoms with Crippen molar-refractivity contribution >= 4 is 52.5 Å². The second-order valence-corrected chi connectivity index (χ2v) is 11.7. The molecule has 2 aliphatic rings. The molecule has 1 unspecified atom stereocenters. The number of hydroxylamine groups is 1. The van der Waals surface area contributed by atoms with E-state index in [0.29, 0.717) is 65.2 Å². The molecule has 0 radical (unpaired) electrons. The maximum atomic E-state index is 13.7. The van der Waals surface area contributed by atoms with Crippen LogP contribution in [0, 0.1) is 0 Å². The smallest absolute Gasteiger partial charge is 0.268 e. The van der Waals surface area contributed by atoms with E-state index >= 15 is 0 Å². The van der Waals surface area contributed by atoms with Crippen LogP contribution in [0.3, 0.4) is 0 Å². The number of ether oxygens (including phenoxy) is 1. The van der Waals surface area contributed by atoms with E-state index in [-0.39, 0.29) is 22.9 Å². The Morgan fingerprint density at radius 3 is 2.31 bits per heavy atom. The Morgan fingerprint density at radius 1 is 0.976 bits per heavy atom. The molecule has 3 N–H and O–H groups in total. The first-order valence-electron chi connectivity index (χ1n) is 13.4. The van der Waals surface area contributed by atoms with E-state index in [2.05, 4.69) is 5.48 Å². The monoisotopic (exact) mass is 631 g/mol. The molecule has 5 rings (SSSR count). The normalized spacial score (nSPS) is 17.5.